The lowest BCUT2D eigenvalue weighted by Crippen LogP contribution is -1.92. The van der Waals surface area contributed by atoms with Crippen molar-refractivity contribution in [2.75, 3.05) is 0 Å². The van der Waals surface area contributed by atoms with E-state index < -0.39 is 11.6 Å². The minimum atomic E-state index is -0.685. The molecule has 0 N–H and O–H groups in total. The van der Waals surface area contributed by atoms with Crippen molar-refractivity contribution in [2.45, 2.75) is 6.92 Å². The lowest BCUT2D eigenvalue weighted by Gasteiger charge is -2.01. The lowest BCUT2D eigenvalue weighted by molar-refractivity contribution is 0.565. The van der Waals surface area contributed by atoms with Crippen molar-refractivity contribution in [3.05, 3.63) is 31.9 Å². The molecular weight excluding hydrogens is 284 g/mol. The van der Waals surface area contributed by atoms with Crippen LogP contribution in [0.5, 0.6) is 0 Å². The maximum Gasteiger partial charge on any atom is 0.158 e. The van der Waals surface area contributed by atoms with E-state index in [1.165, 1.54) is 6.07 Å². The molecule has 11 heavy (non-hydrogen) atoms. The third kappa shape index (κ3) is 1.64. The molecule has 0 spiro atoms. The monoisotopic (exact) mass is 288 g/mol. The van der Waals surface area contributed by atoms with E-state index in [1.54, 1.807) is 29.5 Å². The van der Waals surface area contributed by atoms with Gasteiger partial charge in [0.15, 0.2) is 5.82 Å². The van der Waals surface area contributed by atoms with Crippen LogP contribution in [0.2, 0.25) is 5.02 Å². The van der Waals surface area contributed by atoms with E-state index in [4.69, 9.17) is 11.6 Å². The highest BCUT2D eigenvalue weighted by Gasteiger charge is 2.12. The molecule has 0 aliphatic heterocycles. The molecule has 1 aromatic rings. The third-order valence-electron chi connectivity index (χ3n) is 1.28. The van der Waals surface area contributed by atoms with Crippen LogP contribution in [-0.2, 0) is 0 Å². The highest BCUT2D eigenvalue weighted by Crippen LogP contribution is 2.25. The fourth-order valence-electron chi connectivity index (χ4n) is 0.691. The molecule has 0 aromatic heterocycles. The molecule has 60 valence electrons. The topological polar surface area (TPSA) is 0 Å². The van der Waals surface area contributed by atoms with Gasteiger partial charge in [-0.05, 0) is 41.1 Å². The number of rotatable bonds is 0. The molecule has 4 heteroatoms. The summed E-state index contributed by atoms with van der Waals surface area (Å²) in [5.74, 6) is -1.22. The van der Waals surface area contributed by atoms with Gasteiger partial charge >= 0.3 is 0 Å². The zero-order valence-corrected chi connectivity index (χ0v) is 8.50. The van der Waals surface area contributed by atoms with Crippen LogP contribution < -0.4 is 0 Å². The van der Waals surface area contributed by atoms with E-state index in [0.29, 0.717) is 5.56 Å². The third-order valence-corrected chi connectivity index (χ3v) is 2.51. The van der Waals surface area contributed by atoms with Crippen molar-refractivity contribution in [1.29, 1.82) is 0 Å². The van der Waals surface area contributed by atoms with Gasteiger partial charge in [-0.25, -0.2) is 8.78 Å². The first-order valence-corrected chi connectivity index (χ1v) is 4.29. The summed E-state index contributed by atoms with van der Waals surface area (Å²) in [5.41, 5.74) is 0.362. The molecular formula is C7H4ClF2I. The molecule has 0 radical (unpaired) electrons. The van der Waals surface area contributed by atoms with Gasteiger partial charge in [-0.15, -0.1) is 0 Å². The van der Waals surface area contributed by atoms with E-state index in [9.17, 15) is 8.78 Å². The SMILES string of the molecule is Cc1cc(Cl)c(F)c(I)c1F. The van der Waals surface area contributed by atoms with E-state index in [0.717, 1.165) is 0 Å². The van der Waals surface area contributed by atoms with Crippen LogP contribution in [0.25, 0.3) is 0 Å². The first-order chi connectivity index (χ1) is 5.04. The van der Waals surface area contributed by atoms with Crippen LogP contribution in [0, 0.1) is 22.1 Å². The van der Waals surface area contributed by atoms with Crippen molar-refractivity contribution in [1.82, 2.24) is 0 Å². The molecule has 0 aliphatic carbocycles. The molecule has 0 bridgehead atoms. The summed E-state index contributed by atoms with van der Waals surface area (Å²) in [6, 6.07) is 1.27. The summed E-state index contributed by atoms with van der Waals surface area (Å²) in [5, 5.41) is -0.0340. The van der Waals surface area contributed by atoms with Crippen LogP contribution in [-0.4, -0.2) is 0 Å². The molecule has 1 rings (SSSR count). The van der Waals surface area contributed by atoms with E-state index in [-0.39, 0.29) is 8.59 Å². The van der Waals surface area contributed by atoms with E-state index >= 15 is 0 Å². The number of aryl methyl sites for hydroxylation is 1. The number of hydrogen-bond acceptors (Lipinski definition) is 0. The Labute approximate surface area is 81.7 Å². The number of benzene rings is 1. The summed E-state index contributed by atoms with van der Waals surface area (Å²) in [6.07, 6.45) is 0. The molecule has 0 aliphatic rings. The second-order valence-electron chi connectivity index (χ2n) is 2.12. The van der Waals surface area contributed by atoms with Crippen LogP contribution in [0.15, 0.2) is 6.07 Å². The Kier molecular flexibility index (Phi) is 2.70. The van der Waals surface area contributed by atoms with Gasteiger partial charge in [0.25, 0.3) is 0 Å². The molecule has 0 unspecified atom stereocenters. The van der Waals surface area contributed by atoms with Gasteiger partial charge in [-0.3, -0.25) is 0 Å². The van der Waals surface area contributed by atoms with Gasteiger partial charge in [0.1, 0.15) is 5.82 Å². The van der Waals surface area contributed by atoms with E-state index in [1.807, 2.05) is 0 Å². The first kappa shape index (κ1) is 9.19. The van der Waals surface area contributed by atoms with Crippen molar-refractivity contribution < 1.29 is 8.78 Å². The lowest BCUT2D eigenvalue weighted by atomic mass is 10.2. The Balaban J connectivity index is 3.46. The number of hydrogen-bond donors (Lipinski definition) is 0. The molecule has 0 nitrogen and oxygen atoms in total. The van der Waals surface area contributed by atoms with Gasteiger partial charge in [-0.2, -0.15) is 0 Å². The van der Waals surface area contributed by atoms with Crippen LogP contribution >= 0.6 is 34.2 Å². The van der Waals surface area contributed by atoms with Gasteiger partial charge in [0.2, 0.25) is 0 Å². The maximum absolute atomic E-state index is 12.9. The highest BCUT2D eigenvalue weighted by molar-refractivity contribution is 14.1. The van der Waals surface area contributed by atoms with Crippen LogP contribution in [0.3, 0.4) is 0 Å². The van der Waals surface area contributed by atoms with Crippen LogP contribution in [0.1, 0.15) is 5.56 Å². The van der Waals surface area contributed by atoms with Gasteiger partial charge in [-0.1, -0.05) is 11.6 Å². The Bertz CT molecular complexity index is 273. The zero-order chi connectivity index (χ0) is 8.59. The molecule has 0 saturated carbocycles. The molecule has 0 heterocycles. The van der Waals surface area contributed by atoms with Crippen molar-refractivity contribution in [3.8, 4) is 0 Å². The van der Waals surface area contributed by atoms with Gasteiger partial charge in [0, 0.05) is 0 Å². The average Bonchev–Trinajstić information content (AvgIpc) is 1.97. The summed E-state index contributed by atoms with van der Waals surface area (Å²) in [7, 11) is 0. The van der Waals surface area contributed by atoms with Crippen molar-refractivity contribution in [2.24, 2.45) is 0 Å². The minimum absolute atomic E-state index is 0.0340. The quantitative estimate of drug-likeness (QED) is 0.389. The fraction of sp³-hybridized carbons (Fsp3) is 0.143. The predicted octanol–water partition coefficient (Wildman–Crippen LogP) is 3.53. The summed E-state index contributed by atoms with van der Waals surface area (Å²) in [6.45, 7) is 1.54. The van der Waals surface area contributed by atoms with Gasteiger partial charge < -0.3 is 0 Å². The first-order valence-electron chi connectivity index (χ1n) is 2.83. The summed E-state index contributed by atoms with van der Waals surface area (Å²) >= 11 is 7.03. The minimum Gasteiger partial charge on any atom is -0.205 e. The Morgan fingerprint density at radius 2 is 1.91 bits per heavy atom. The van der Waals surface area contributed by atoms with Crippen LogP contribution in [0.4, 0.5) is 8.78 Å². The Hall–Kier alpha value is 0.1000. The normalized spacial score (nSPS) is 10.3. The smallest absolute Gasteiger partial charge is 0.158 e. The van der Waals surface area contributed by atoms with E-state index in [2.05, 4.69) is 0 Å². The molecule has 0 atom stereocenters. The Morgan fingerprint density at radius 3 is 2.45 bits per heavy atom. The predicted molar refractivity (Wildman–Crippen MR) is 48.8 cm³/mol. The maximum atomic E-state index is 12.9. The second kappa shape index (κ2) is 3.23. The molecule has 1 aromatic carbocycles. The summed E-state index contributed by atoms with van der Waals surface area (Å²) in [4.78, 5) is 0. The zero-order valence-electron chi connectivity index (χ0n) is 5.59. The van der Waals surface area contributed by atoms with Crippen molar-refractivity contribution >= 4 is 34.2 Å². The average molecular weight is 288 g/mol. The van der Waals surface area contributed by atoms with Gasteiger partial charge in [0.05, 0.1) is 8.59 Å². The molecule has 0 amide bonds. The number of halogens is 4. The molecule has 0 fully saturated rings. The summed E-state index contributed by atoms with van der Waals surface area (Å²) < 4.78 is 25.6. The second-order valence-corrected chi connectivity index (χ2v) is 3.60. The highest BCUT2D eigenvalue weighted by atomic mass is 127. The fourth-order valence-corrected chi connectivity index (χ4v) is 1.82. The largest absolute Gasteiger partial charge is 0.205 e. The standard InChI is InChI=1S/C7H4ClF2I/c1-3-2-4(8)6(10)7(11)5(3)9/h2H,1H3. The van der Waals surface area contributed by atoms with Crippen molar-refractivity contribution in [3.63, 3.8) is 0 Å². The Morgan fingerprint density at radius 1 is 1.36 bits per heavy atom. The molecule has 0 saturated heterocycles.